The van der Waals surface area contributed by atoms with E-state index in [1.807, 2.05) is 12.1 Å². The lowest BCUT2D eigenvalue weighted by atomic mass is 10.1. The first-order chi connectivity index (χ1) is 9.24. The van der Waals surface area contributed by atoms with Gasteiger partial charge in [-0.1, -0.05) is 18.2 Å². The summed E-state index contributed by atoms with van der Waals surface area (Å²) in [4.78, 5) is 7.62. The Labute approximate surface area is 117 Å². The minimum atomic E-state index is 0.539. The van der Waals surface area contributed by atoms with Crippen LogP contribution in [0, 0.1) is 11.7 Å². The van der Waals surface area contributed by atoms with Crippen molar-refractivity contribution < 1.29 is 0 Å². The number of H-pyrrole nitrogens is 1. The van der Waals surface area contributed by atoms with Crippen LogP contribution in [-0.4, -0.2) is 16.5 Å². The van der Waals surface area contributed by atoms with E-state index in [9.17, 15) is 0 Å². The van der Waals surface area contributed by atoms with E-state index >= 15 is 0 Å². The van der Waals surface area contributed by atoms with E-state index in [1.54, 1.807) is 0 Å². The van der Waals surface area contributed by atoms with E-state index in [2.05, 4.69) is 39.7 Å². The molecule has 19 heavy (non-hydrogen) atoms. The first-order valence-electron chi connectivity index (χ1n) is 6.39. The Balaban J connectivity index is 2.03. The van der Waals surface area contributed by atoms with Crippen LogP contribution >= 0.6 is 12.2 Å². The molecule has 1 aliphatic rings. The molecular formula is C14H16N4S. The maximum atomic E-state index is 5.21. The van der Waals surface area contributed by atoms with Crippen LogP contribution in [0.4, 0.5) is 11.5 Å². The first-order valence-corrected chi connectivity index (χ1v) is 6.80. The zero-order valence-electron chi connectivity index (χ0n) is 10.8. The smallest absolute Gasteiger partial charge is 0.198 e. The summed E-state index contributed by atoms with van der Waals surface area (Å²) >= 11 is 5.21. The molecule has 0 radical (unpaired) electrons. The van der Waals surface area contributed by atoms with E-state index < -0.39 is 0 Å². The number of nitrogens with zero attached hydrogens (tertiary/aromatic N) is 1. The molecule has 98 valence electrons. The molecule has 5 heteroatoms. The number of nitrogens with one attached hydrogen (secondary N) is 3. The van der Waals surface area contributed by atoms with Crippen molar-refractivity contribution in [2.45, 2.75) is 19.9 Å². The number of fused-ring (bicyclic) bond motifs is 1. The van der Waals surface area contributed by atoms with Gasteiger partial charge in [-0.2, -0.15) is 0 Å². The topological polar surface area (TPSA) is 52.7 Å². The Kier molecular flexibility index (Phi) is 3.31. The maximum absolute atomic E-state index is 5.21. The second-order valence-corrected chi connectivity index (χ2v) is 5.10. The van der Waals surface area contributed by atoms with Crippen molar-refractivity contribution in [1.29, 1.82) is 0 Å². The SMILES string of the molecule is Cc1ccccc1Nc1nc(=S)[nH]c2c1CNCC2. The molecule has 2 aromatic rings. The van der Waals surface area contributed by atoms with Crippen LogP contribution in [0.15, 0.2) is 24.3 Å². The summed E-state index contributed by atoms with van der Waals surface area (Å²) in [5, 5.41) is 6.77. The zero-order valence-corrected chi connectivity index (χ0v) is 11.6. The minimum Gasteiger partial charge on any atom is -0.340 e. The highest BCUT2D eigenvalue weighted by Gasteiger charge is 2.15. The van der Waals surface area contributed by atoms with Gasteiger partial charge in [-0.25, -0.2) is 4.98 Å². The van der Waals surface area contributed by atoms with Crippen LogP contribution in [0.5, 0.6) is 0 Å². The summed E-state index contributed by atoms with van der Waals surface area (Å²) in [5.74, 6) is 0.861. The molecule has 1 aromatic heterocycles. The van der Waals surface area contributed by atoms with Crippen LogP contribution in [-0.2, 0) is 13.0 Å². The fraction of sp³-hybridized carbons (Fsp3) is 0.286. The van der Waals surface area contributed by atoms with Gasteiger partial charge >= 0.3 is 0 Å². The van der Waals surface area contributed by atoms with Gasteiger partial charge in [-0.15, -0.1) is 0 Å². The van der Waals surface area contributed by atoms with Crippen molar-refractivity contribution in [2.75, 3.05) is 11.9 Å². The molecule has 0 amide bonds. The highest BCUT2D eigenvalue weighted by atomic mass is 32.1. The number of anilines is 2. The molecule has 0 aliphatic carbocycles. The van der Waals surface area contributed by atoms with Crippen LogP contribution in [0.1, 0.15) is 16.8 Å². The molecule has 0 atom stereocenters. The summed E-state index contributed by atoms with van der Waals surface area (Å²) in [5.41, 5.74) is 4.64. The van der Waals surface area contributed by atoms with E-state index in [-0.39, 0.29) is 0 Å². The lowest BCUT2D eigenvalue weighted by Gasteiger charge is -2.20. The maximum Gasteiger partial charge on any atom is 0.198 e. The number of hydrogen-bond donors (Lipinski definition) is 3. The number of benzene rings is 1. The molecule has 0 bridgehead atoms. The van der Waals surface area contributed by atoms with Gasteiger partial charge in [0.15, 0.2) is 4.77 Å². The quantitative estimate of drug-likeness (QED) is 0.736. The number of aryl methyl sites for hydroxylation is 1. The van der Waals surface area contributed by atoms with E-state index in [1.165, 1.54) is 16.8 Å². The first kappa shape index (κ1) is 12.3. The van der Waals surface area contributed by atoms with Gasteiger partial charge in [0.1, 0.15) is 5.82 Å². The van der Waals surface area contributed by atoms with Crippen LogP contribution < -0.4 is 10.6 Å². The summed E-state index contributed by atoms with van der Waals surface area (Å²) in [7, 11) is 0. The third-order valence-corrected chi connectivity index (χ3v) is 3.57. The van der Waals surface area contributed by atoms with E-state index in [0.29, 0.717) is 4.77 Å². The Bertz CT molecular complexity index is 663. The van der Waals surface area contributed by atoms with Crippen molar-refractivity contribution >= 4 is 23.7 Å². The molecule has 0 unspecified atom stereocenters. The lowest BCUT2D eigenvalue weighted by Crippen LogP contribution is -2.26. The number of para-hydroxylation sites is 1. The van der Waals surface area contributed by atoms with Gasteiger partial charge in [-0.3, -0.25) is 0 Å². The third-order valence-electron chi connectivity index (χ3n) is 3.37. The van der Waals surface area contributed by atoms with Gasteiger partial charge in [-0.05, 0) is 30.8 Å². The highest BCUT2D eigenvalue weighted by molar-refractivity contribution is 7.71. The number of aromatic amines is 1. The molecule has 4 nitrogen and oxygen atoms in total. The molecule has 2 heterocycles. The Morgan fingerprint density at radius 3 is 3.00 bits per heavy atom. The Morgan fingerprint density at radius 2 is 2.16 bits per heavy atom. The molecule has 0 spiro atoms. The van der Waals surface area contributed by atoms with Gasteiger partial charge in [0.25, 0.3) is 0 Å². The van der Waals surface area contributed by atoms with Gasteiger partial charge in [0.05, 0.1) is 0 Å². The fourth-order valence-corrected chi connectivity index (χ4v) is 2.53. The van der Waals surface area contributed by atoms with E-state index in [0.717, 1.165) is 31.0 Å². The second-order valence-electron chi connectivity index (χ2n) is 4.71. The molecule has 0 saturated heterocycles. The molecule has 1 aliphatic heterocycles. The summed E-state index contributed by atoms with van der Waals surface area (Å²) in [6, 6.07) is 8.18. The van der Waals surface area contributed by atoms with Crippen molar-refractivity contribution in [3.8, 4) is 0 Å². The second kappa shape index (κ2) is 5.11. The summed E-state index contributed by atoms with van der Waals surface area (Å²) in [6.07, 6.45) is 0.962. The zero-order chi connectivity index (χ0) is 13.2. The molecule has 0 saturated carbocycles. The van der Waals surface area contributed by atoms with Gasteiger partial charge in [0.2, 0.25) is 0 Å². The molecule has 3 rings (SSSR count). The van der Waals surface area contributed by atoms with Crippen LogP contribution in [0.3, 0.4) is 0 Å². The molecular weight excluding hydrogens is 256 g/mol. The van der Waals surface area contributed by atoms with Crippen LogP contribution in [0.2, 0.25) is 0 Å². The summed E-state index contributed by atoms with van der Waals surface area (Å²) < 4.78 is 0.539. The van der Waals surface area contributed by atoms with Crippen LogP contribution in [0.25, 0.3) is 0 Å². The van der Waals surface area contributed by atoms with Crippen molar-refractivity contribution in [3.63, 3.8) is 0 Å². The molecule has 0 fully saturated rings. The Hall–Kier alpha value is -1.72. The monoisotopic (exact) mass is 272 g/mol. The van der Waals surface area contributed by atoms with Crippen molar-refractivity contribution in [3.05, 3.63) is 45.9 Å². The van der Waals surface area contributed by atoms with E-state index in [4.69, 9.17) is 12.2 Å². The summed E-state index contributed by atoms with van der Waals surface area (Å²) in [6.45, 7) is 3.88. The predicted octanol–water partition coefficient (Wildman–Crippen LogP) is 2.84. The van der Waals surface area contributed by atoms with Gasteiger partial charge < -0.3 is 15.6 Å². The average Bonchev–Trinajstić information content (AvgIpc) is 2.41. The number of aromatic nitrogens is 2. The standard InChI is InChI=1S/C14H16N4S/c1-9-4-2-3-5-11(9)16-13-10-8-15-7-6-12(10)17-14(19)18-13/h2-5,15H,6-8H2,1H3,(H2,16,17,18,19). The molecule has 3 N–H and O–H groups in total. The number of hydrogen-bond acceptors (Lipinski definition) is 4. The highest BCUT2D eigenvalue weighted by Crippen LogP contribution is 2.24. The number of rotatable bonds is 2. The minimum absolute atomic E-state index is 0.539. The van der Waals surface area contributed by atoms with Crippen molar-refractivity contribution in [1.82, 2.24) is 15.3 Å². The van der Waals surface area contributed by atoms with Crippen molar-refractivity contribution in [2.24, 2.45) is 0 Å². The van der Waals surface area contributed by atoms with Gasteiger partial charge in [0, 0.05) is 36.5 Å². The fourth-order valence-electron chi connectivity index (χ4n) is 2.32. The largest absolute Gasteiger partial charge is 0.340 e. The average molecular weight is 272 g/mol. The predicted molar refractivity (Wildman–Crippen MR) is 79.3 cm³/mol. The third kappa shape index (κ3) is 2.52. The Morgan fingerprint density at radius 1 is 1.32 bits per heavy atom. The normalized spacial score (nSPS) is 13.9. The lowest BCUT2D eigenvalue weighted by molar-refractivity contribution is 0.626. The molecule has 1 aromatic carbocycles.